The summed E-state index contributed by atoms with van der Waals surface area (Å²) in [7, 11) is 1.63. The highest BCUT2D eigenvalue weighted by molar-refractivity contribution is 5.80. The van der Waals surface area contributed by atoms with Crippen LogP contribution in [-0.2, 0) is 11.3 Å². The number of ether oxygens (including phenoxy) is 2. The SMILES string of the molecule is COc1ccc(CNC(=O)[C@@H](C)Oc2cc(C)ccc2C(C)C)cc1. The summed E-state index contributed by atoms with van der Waals surface area (Å²) in [5.74, 6) is 1.78. The van der Waals surface area contributed by atoms with E-state index in [9.17, 15) is 4.79 Å². The molecule has 0 aliphatic heterocycles. The Morgan fingerprint density at radius 2 is 1.76 bits per heavy atom. The van der Waals surface area contributed by atoms with Gasteiger partial charge in [0, 0.05) is 6.54 Å². The molecule has 0 spiro atoms. The van der Waals surface area contributed by atoms with E-state index in [4.69, 9.17) is 9.47 Å². The van der Waals surface area contributed by atoms with E-state index < -0.39 is 6.10 Å². The van der Waals surface area contributed by atoms with Crippen molar-refractivity contribution in [3.8, 4) is 11.5 Å². The van der Waals surface area contributed by atoms with E-state index in [-0.39, 0.29) is 5.91 Å². The highest BCUT2D eigenvalue weighted by Crippen LogP contribution is 2.28. The minimum Gasteiger partial charge on any atom is -0.497 e. The Hall–Kier alpha value is -2.49. The molecule has 0 saturated carbocycles. The molecule has 0 radical (unpaired) electrons. The van der Waals surface area contributed by atoms with E-state index in [1.54, 1.807) is 14.0 Å². The third-order valence-electron chi connectivity index (χ3n) is 4.09. The zero-order valence-electron chi connectivity index (χ0n) is 15.6. The molecule has 0 heterocycles. The van der Waals surface area contributed by atoms with Crippen LogP contribution in [0, 0.1) is 6.92 Å². The van der Waals surface area contributed by atoms with Crippen LogP contribution < -0.4 is 14.8 Å². The Labute approximate surface area is 150 Å². The van der Waals surface area contributed by atoms with Crippen LogP contribution in [-0.4, -0.2) is 19.1 Å². The zero-order valence-corrected chi connectivity index (χ0v) is 15.6. The number of nitrogens with one attached hydrogen (secondary N) is 1. The van der Waals surface area contributed by atoms with E-state index in [0.717, 1.165) is 28.2 Å². The lowest BCUT2D eigenvalue weighted by Crippen LogP contribution is -2.36. The van der Waals surface area contributed by atoms with Crippen molar-refractivity contribution >= 4 is 5.91 Å². The van der Waals surface area contributed by atoms with E-state index in [0.29, 0.717) is 12.5 Å². The topological polar surface area (TPSA) is 47.6 Å². The van der Waals surface area contributed by atoms with Gasteiger partial charge in [0.15, 0.2) is 6.10 Å². The normalized spacial score (nSPS) is 11.9. The van der Waals surface area contributed by atoms with Gasteiger partial charge in [-0.3, -0.25) is 4.79 Å². The number of hydrogen-bond donors (Lipinski definition) is 1. The van der Waals surface area contributed by atoms with Gasteiger partial charge in [0.05, 0.1) is 7.11 Å². The summed E-state index contributed by atoms with van der Waals surface area (Å²) in [5.41, 5.74) is 3.24. The molecule has 0 aromatic heterocycles. The fourth-order valence-electron chi connectivity index (χ4n) is 2.54. The summed E-state index contributed by atoms with van der Waals surface area (Å²) in [6, 6.07) is 13.7. The number of amides is 1. The van der Waals surface area contributed by atoms with Gasteiger partial charge in [-0.2, -0.15) is 0 Å². The third kappa shape index (κ3) is 5.24. The van der Waals surface area contributed by atoms with Crippen molar-refractivity contribution in [1.29, 1.82) is 0 Å². The van der Waals surface area contributed by atoms with Gasteiger partial charge >= 0.3 is 0 Å². The summed E-state index contributed by atoms with van der Waals surface area (Å²) in [6.45, 7) is 8.49. The Balaban J connectivity index is 1.97. The first-order chi connectivity index (χ1) is 11.9. The average Bonchev–Trinajstić information content (AvgIpc) is 2.59. The Bertz CT molecular complexity index is 708. The molecule has 0 bridgehead atoms. The second kappa shape index (κ2) is 8.56. The minimum absolute atomic E-state index is 0.132. The monoisotopic (exact) mass is 341 g/mol. The van der Waals surface area contributed by atoms with E-state index in [1.165, 1.54) is 0 Å². The molecule has 0 saturated heterocycles. The number of benzene rings is 2. The maximum atomic E-state index is 12.3. The lowest BCUT2D eigenvalue weighted by atomic mass is 10.0. The van der Waals surface area contributed by atoms with Crippen molar-refractivity contribution < 1.29 is 14.3 Å². The second-order valence-corrected chi connectivity index (χ2v) is 6.52. The molecular weight excluding hydrogens is 314 g/mol. The molecule has 0 aliphatic carbocycles. The fourth-order valence-corrected chi connectivity index (χ4v) is 2.54. The van der Waals surface area contributed by atoms with Gasteiger partial charge in [0.2, 0.25) is 0 Å². The van der Waals surface area contributed by atoms with E-state index in [2.05, 4.69) is 31.3 Å². The average molecular weight is 341 g/mol. The highest BCUT2D eigenvalue weighted by atomic mass is 16.5. The smallest absolute Gasteiger partial charge is 0.261 e. The molecule has 4 heteroatoms. The zero-order chi connectivity index (χ0) is 18.4. The molecule has 0 unspecified atom stereocenters. The van der Waals surface area contributed by atoms with Gasteiger partial charge in [-0.1, -0.05) is 38.1 Å². The fraction of sp³-hybridized carbons (Fsp3) is 0.381. The van der Waals surface area contributed by atoms with Crippen LogP contribution in [0.3, 0.4) is 0 Å². The van der Waals surface area contributed by atoms with Crippen LogP contribution in [0.1, 0.15) is 43.4 Å². The highest BCUT2D eigenvalue weighted by Gasteiger charge is 2.17. The Kier molecular flexibility index (Phi) is 6.45. The first-order valence-electron chi connectivity index (χ1n) is 8.58. The first-order valence-corrected chi connectivity index (χ1v) is 8.58. The van der Waals surface area contributed by atoms with Crippen molar-refractivity contribution in [3.05, 3.63) is 59.2 Å². The van der Waals surface area contributed by atoms with Crippen molar-refractivity contribution in [2.24, 2.45) is 0 Å². The number of carbonyl (C=O) groups excluding carboxylic acids is 1. The third-order valence-corrected chi connectivity index (χ3v) is 4.09. The van der Waals surface area contributed by atoms with Crippen LogP contribution in [0.15, 0.2) is 42.5 Å². The molecule has 25 heavy (non-hydrogen) atoms. The van der Waals surface area contributed by atoms with Crippen LogP contribution >= 0.6 is 0 Å². The maximum absolute atomic E-state index is 12.3. The largest absolute Gasteiger partial charge is 0.497 e. The van der Waals surface area contributed by atoms with Gasteiger partial charge in [-0.15, -0.1) is 0 Å². The minimum atomic E-state index is -0.558. The van der Waals surface area contributed by atoms with Crippen molar-refractivity contribution in [2.75, 3.05) is 7.11 Å². The summed E-state index contributed by atoms with van der Waals surface area (Å²) in [4.78, 5) is 12.3. The summed E-state index contributed by atoms with van der Waals surface area (Å²) in [6.07, 6.45) is -0.558. The van der Waals surface area contributed by atoms with Gasteiger partial charge in [0.1, 0.15) is 11.5 Å². The van der Waals surface area contributed by atoms with Crippen LogP contribution in [0.2, 0.25) is 0 Å². The lowest BCUT2D eigenvalue weighted by Gasteiger charge is -2.19. The van der Waals surface area contributed by atoms with Gasteiger partial charge in [0.25, 0.3) is 5.91 Å². The molecular formula is C21H27NO3. The lowest BCUT2D eigenvalue weighted by molar-refractivity contribution is -0.127. The number of hydrogen-bond acceptors (Lipinski definition) is 3. The summed E-state index contributed by atoms with van der Waals surface area (Å²) < 4.78 is 11.1. The Morgan fingerprint density at radius 1 is 1.08 bits per heavy atom. The number of carbonyl (C=O) groups is 1. The summed E-state index contributed by atoms with van der Waals surface area (Å²) in [5, 5.41) is 2.91. The molecule has 4 nitrogen and oxygen atoms in total. The van der Waals surface area contributed by atoms with Gasteiger partial charge in [-0.25, -0.2) is 0 Å². The van der Waals surface area contributed by atoms with Gasteiger partial charge < -0.3 is 14.8 Å². The Morgan fingerprint density at radius 3 is 2.36 bits per heavy atom. The molecule has 1 atom stereocenters. The van der Waals surface area contributed by atoms with Crippen molar-refractivity contribution in [3.63, 3.8) is 0 Å². The predicted molar refractivity (Wildman–Crippen MR) is 100 cm³/mol. The predicted octanol–water partition coefficient (Wildman–Crippen LogP) is 4.21. The van der Waals surface area contributed by atoms with Gasteiger partial charge in [-0.05, 0) is 54.7 Å². The van der Waals surface area contributed by atoms with E-state index in [1.807, 2.05) is 37.3 Å². The standard InChI is InChI=1S/C21H27NO3/c1-14(2)19-11-6-15(3)12-20(19)25-16(4)21(23)22-13-17-7-9-18(24-5)10-8-17/h6-12,14,16H,13H2,1-5H3,(H,22,23)/t16-/m1/s1. The molecule has 134 valence electrons. The maximum Gasteiger partial charge on any atom is 0.261 e. The molecule has 2 aromatic rings. The van der Waals surface area contributed by atoms with Crippen LogP contribution in [0.4, 0.5) is 0 Å². The first kappa shape index (κ1) is 18.8. The van der Waals surface area contributed by atoms with Crippen LogP contribution in [0.25, 0.3) is 0 Å². The van der Waals surface area contributed by atoms with Crippen LogP contribution in [0.5, 0.6) is 11.5 Å². The van der Waals surface area contributed by atoms with E-state index >= 15 is 0 Å². The second-order valence-electron chi connectivity index (χ2n) is 6.52. The molecule has 0 aliphatic rings. The molecule has 0 fully saturated rings. The number of rotatable bonds is 7. The number of methoxy groups -OCH3 is 1. The quantitative estimate of drug-likeness (QED) is 0.820. The molecule has 2 rings (SSSR count). The van der Waals surface area contributed by atoms with Crippen molar-refractivity contribution in [2.45, 2.75) is 46.3 Å². The van der Waals surface area contributed by atoms with Crippen molar-refractivity contribution in [1.82, 2.24) is 5.32 Å². The summed E-state index contributed by atoms with van der Waals surface area (Å²) >= 11 is 0. The molecule has 2 aromatic carbocycles. The molecule has 1 N–H and O–H groups in total. The molecule has 1 amide bonds. The number of aryl methyl sites for hydroxylation is 1.